The maximum Gasteiger partial charge on any atom is 0.195 e. The molecule has 0 aliphatic carbocycles. The van der Waals surface area contributed by atoms with E-state index in [-0.39, 0.29) is 16.9 Å². The van der Waals surface area contributed by atoms with E-state index < -0.39 is 0 Å². The van der Waals surface area contributed by atoms with E-state index in [1.165, 1.54) is 6.92 Å². The molecule has 25 heavy (non-hydrogen) atoms. The van der Waals surface area contributed by atoms with Crippen molar-refractivity contribution in [1.82, 2.24) is 10.3 Å². The zero-order valence-electron chi connectivity index (χ0n) is 13.2. The Morgan fingerprint density at radius 3 is 1.88 bits per heavy atom. The summed E-state index contributed by atoms with van der Waals surface area (Å²) in [7, 11) is 0. The zero-order chi connectivity index (χ0) is 17.8. The molecule has 0 unspecified atom stereocenters. The summed E-state index contributed by atoms with van der Waals surface area (Å²) >= 11 is 3.09. The molecule has 7 heteroatoms. The first kappa shape index (κ1) is 17.0. The van der Waals surface area contributed by atoms with Crippen LogP contribution in [-0.4, -0.2) is 27.2 Å². The Morgan fingerprint density at radius 2 is 1.36 bits per heavy atom. The van der Waals surface area contributed by atoms with Gasteiger partial charge in [-0.3, -0.25) is 9.59 Å². The first-order valence-electron chi connectivity index (χ1n) is 7.40. The molecule has 0 fully saturated rings. The fourth-order valence-corrected chi connectivity index (χ4v) is 2.56. The molecule has 0 atom stereocenters. The summed E-state index contributed by atoms with van der Waals surface area (Å²) in [6, 6.07) is 14.6. The SMILES string of the molecule is CC(=O)c1noc2ccccc12.O=C(CBr)c1noc2ccccc12. The number of hydrogen-bond acceptors (Lipinski definition) is 6. The van der Waals surface area contributed by atoms with Crippen molar-refractivity contribution >= 4 is 49.4 Å². The summed E-state index contributed by atoms with van der Waals surface area (Å²) < 4.78 is 9.92. The number of alkyl halides is 1. The number of para-hydroxylation sites is 2. The molecule has 4 aromatic rings. The van der Waals surface area contributed by atoms with Crippen LogP contribution < -0.4 is 0 Å². The monoisotopic (exact) mass is 400 g/mol. The standard InChI is InChI=1S/C9H6BrNO2.C9H7NO2/c10-5-7(12)9-6-3-1-2-4-8(6)13-11-9;1-6(11)9-7-4-2-3-5-8(7)12-10-9/h1-4H,5H2;2-5H,1H3. The van der Waals surface area contributed by atoms with E-state index in [4.69, 9.17) is 9.05 Å². The highest BCUT2D eigenvalue weighted by Crippen LogP contribution is 2.18. The van der Waals surface area contributed by atoms with Gasteiger partial charge >= 0.3 is 0 Å². The molecule has 0 radical (unpaired) electrons. The number of halogens is 1. The maximum atomic E-state index is 11.3. The number of benzene rings is 2. The van der Waals surface area contributed by atoms with E-state index in [1.54, 1.807) is 12.1 Å². The lowest BCUT2D eigenvalue weighted by atomic mass is 10.2. The quantitative estimate of drug-likeness (QED) is 0.373. The molecule has 0 aliphatic rings. The number of rotatable bonds is 3. The van der Waals surface area contributed by atoms with Crippen molar-refractivity contribution in [2.24, 2.45) is 0 Å². The van der Waals surface area contributed by atoms with Gasteiger partial charge in [-0.2, -0.15) is 0 Å². The molecule has 0 N–H and O–H groups in total. The number of fused-ring (bicyclic) bond motifs is 2. The second-order valence-corrected chi connectivity index (χ2v) is 5.73. The van der Waals surface area contributed by atoms with Crippen LogP contribution in [0.4, 0.5) is 0 Å². The van der Waals surface area contributed by atoms with Crippen molar-refractivity contribution in [3.05, 3.63) is 59.9 Å². The van der Waals surface area contributed by atoms with Crippen LogP contribution in [0, 0.1) is 0 Å². The molecule has 0 saturated heterocycles. The Hall–Kier alpha value is -2.80. The van der Waals surface area contributed by atoms with Gasteiger partial charge in [0.1, 0.15) is 0 Å². The van der Waals surface area contributed by atoms with Crippen LogP contribution in [-0.2, 0) is 0 Å². The first-order chi connectivity index (χ1) is 12.1. The average Bonchev–Trinajstić information content (AvgIpc) is 3.26. The Kier molecular flexibility index (Phi) is 5.04. The molecule has 6 nitrogen and oxygen atoms in total. The van der Waals surface area contributed by atoms with E-state index in [0.29, 0.717) is 22.6 Å². The van der Waals surface area contributed by atoms with E-state index >= 15 is 0 Å². The molecule has 2 aromatic carbocycles. The zero-order valence-corrected chi connectivity index (χ0v) is 14.8. The largest absolute Gasteiger partial charge is 0.356 e. The second-order valence-electron chi connectivity index (χ2n) is 5.17. The highest BCUT2D eigenvalue weighted by Gasteiger charge is 2.13. The number of aromatic nitrogens is 2. The number of hydrogen-bond donors (Lipinski definition) is 0. The van der Waals surface area contributed by atoms with Crippen molar-refractivity contribution in [3.63, 3.8) is 0 Å². The van der Waals surface area contributed by atoms with Gasteiger partial charge in [-0.15, -0.1) is 0 Å². The van der Waals surface area contributed by atoms with Crippen molar-refractivity contribution in [2.75, 3.05) is 5.33 Å². The van der Waals surface area contributed by atoms with Crippen molar-refractivity contribution in [2.45, 2.75) is 6.92 Å². The summed E-state index contributed by atoms with van der Waals surface area (Å²) in [6.07, 6.45) is 0. The lowest BCUT2D eigenvalue weighted by molar-refractivity contribution is 0.100. The van der Waals surface area contributed by atoms with Gasteiger partial charge in [0, 0.05) is 6.92 Å². The lowest BCUT2D eigenvalue weighted by Gasteiger charge is -1.88. The fourth-order valence-electron chi connectivity index (χ4n) is 2.29. The second kappa shape index (κ2) is 7.40. The Labute approximate surface area is 150 Å². The third kappa shape index (κ3) is 3.51. The van der Waals surface area contributed by atoms with E-state index in [0.717, 1.165) is 10.8 Å². The van der Waals surface area contributed by atoms with Crippen LogP contribution in [0.2, 0.25) is 0 Å². The molecule has 0 amide bonds. The predicted molar refractivity (Wildman–Crippen MR) is 96.1 cm³/mol. The number of nitrogens with zero attached hydrogens (tertiary/aromatic N) is 2. The molecule has 2 aromatic heterocycles. The van der Waals surface area contributed by atoms with Gasteiger partial charge in [0.25, 0.3) is 0 Å². The highest BCUT2D eigenvalue weighted by molar-refractivity contribution is 9.09. The summed E-state index contributed by atoms with van der Waals surface area (Å²) in [5, 5.41) is 9.20. The molecule has 0 saturated carbocycles. The number of carbonyl (C=O) groups excluding carboxylic acids is 2. The normalized spacial score (nSPS) is 10.5. The molecule has 2 heterocycles. The van der Waals surface area contributed by atoms with Gasteiger partial charge in [-0.05, 0) is 24.3 Å². The molecular weight excluding hydrogens is 388 g/mol. The topological polar surface area (TPSA) is 86.2 Å². The average molecular weight is 401 g/mol. The van der Waals surface area contributed by atoms with Crippen molar-refractivity contribution < 1.29 is 18.6 Å². The van der Waals surface area contributed by atoms with Crippen LogP contribution in [0.25, 0.3) is 21.9 Å². The van der Waals surface area contributed by atoms with E-state index in [2.05, 4.69) is 26.2 Å². The molecule has 0 aliphatic heterocycles. The maximum absolute atomic E-state index is 11.3. The first-order valence-corrected chi connectivity index (χ1v) is 8.53. The van der Waals surface area contributed by atoms with Crippen LogP contribution >= 0.6 is 15.9 Å². The summed E-state index contributed by atoms with van der Waals surface area (Å²) in [4.78, 5) is 22.3. The van der Waals surface area contributed by atoms with Gasteiger partial charge in [0.05, 0.1) is 16.1 Å². The van der Waals surface area contributed by atoms with Crippen LogP contribution in [0.1, 0.15) is 27.9 Å². The minimum absolute atomic E-state index is 0.0649. The predicted octanol–water partition coefficient (Wildman–Crippen LogP) is 4.44. The van der Waals surface area contributed by atoms with Crippen molar-refractivity contribution in [3.8, 4) is 0 Å². The number of ketones is 2. The minimum atomic E-state index is -0.0695. The molecule has 4 rings (SSSR count). The van der Waals surface area contributed by atoms with Gasteiger partial charge in [-0.1, -0.05) is 50.5 Å². The summed E-state index contributed by atoms with van der Waals surface area (Å²) in [5.41, 5.74) is 2.10. The molecular formula is C18H13BrN2O4. The summed E-state index contributed by atoms with van der Waals surface area (Å²) in [5.74, 6) is -0.134. The Balaban J connectivity index is 0.000000146. The molecule has 126 valence electrons. The van der Waals surface area contributed by atoms with E-state index in [1.807, 2.05) is 36.4 Å². The summed E-state index contributed by atoms with van der Waals surface area (Å²) in [6.45, 7) is 1.48. The van der Waals surface area contributed by atoms with Crippen LogP contribution in [0.15, 0.2) is 57.6 Å². The molecule has 0 spiro atoms. The minimum Gasteiger partial charge on any atom is -0.356 e. The smallest absolute Gasteiger partial charge is 0.195 e. The Bertz CT molecular complexity index is 1050. The number of carbonyl (C=O) groups is 2. The third-order valence-corrected chi connectivity index (χ3v) is 3.98. The Morgan fingerprint density at radius 1 is 0.880 bits per heavy atom. The van der Waals surface area contributed by atoms with Crippen LogP contribution in [0.3, 0.4) is 0 Å². The van der Waals surface area contributed by atoms with Gasteiger partial charge in [0.15, 0.2) is 34.1 Å². The third-order valence-electron chi connectivity index (χ3n) is 3.47. The van der Waals surface area contributed by atoms with E-state index in [9.17, 15) is 9.59 Å². The molecule has 0 bridgehead atoms. The number of Topliss-reactive ketones (excluding diaryl/α,β-unsaturated/α-hetero) is 2. The van der Waals surface area contributed by atoms with Crippen LogP contribution in [0.5, 0.6) is 0 Å². The fraction of sp³-hybridized carbons (Fsp3) is 0.111. The lowest BCUT2D eigenvalue weighted by Crippen LogP contribution is -2.00. The van der Waals surface area contributed by atoms with Gasteiger partial charge in [-0.25, -0.2) is 0 Å². The highest BCUT2D eigenvalue weighted by atomic mass is 79.9. The van der Waals surface area contributed by atoms with Gasteiger partial charge in [0.2, 0.25) is 0 Å². The van der Waals surface area contributed by atoms with Gasteiger partial charge < -0.3 is 9.05 Å². The van der Waals surface area contributed by atoms with Crippen molar-refractivity contribution in [1.29, 1.82) is 0 Å².